The lowest BCUT2D eigenvalue weighted by Crippen LogP contribution is -2.50. The molecule has 8 heteroatoms. The molecule has 0 spiro atoms. The first kappa shape index (κ1) is 41.5. The van der Waals surface area contributed by atoms with Crippen molar-refractivity contribution in [1.29, 1.82) is 0 Å². The second-order valence-corrected chi connectivity index (χ2v) is 13.4. The Balaban J connectivity index is 4.16. The molecule has 1 amide bonds. The van der Waals surface area contributed by atoms with Gasteiger partial charge in [-0.1, -0.05) is 140 Å². The monoisotopic (exact) mass is 627 g/mol. The van der Waals surface area contributed by atoms with E-state index in [1.165, 1.54) is 70.3 Å². The molecule has 252 valence electrons. The van der Waals surface area contributed by atoms with Crippen LogP contribution in [-0.2, 0) is 14.9 Å². The second kappa shape index (κ2) is 29.2. The molecule has 3 unspecified atom stereocenters. The molecule has 0 aliphatic rings. The van der Waals surface area contributed by atoms with Gasteiger partial charge in [0.05, 0.1) is 17.9 Å². The highest BCUT2D eigenvalue weighted by atomic mass is 32.2. The van der Waals surface area contributed by atoms with E-state index in [1.807, 2.05) is 0 Å². The lowest BCUT2D eigenvalue weighted by atomic mass is 10.0. The first-order chi connectivity index (χ1) is 20.7. The third-order valence-electron chi connectivity index (χ3n) is 7.67. The van der Waals surface area contributed by atoms with E-state index in [2.05, 4.69) is 43.5 Å². The van der Waals surface area contributed by atoms with Crippen molar-refractivity contribution < 1.29 is 28.0 Å². The molecule has 0 aliphatic carbocycles. The molecule has 0 radical (unpaired) electrons. The predicted molar refractivity (Wildman–Crippen MR) is 181 cm³/mol. The third-order valence-corrected chi connectivity index (χ3v) is 8.45. The second-order valence-electron chi connectivity index (χ2n) is 11.9. The Morgan fingerprint density at radius 2 is 1.09 bits per heavy atom. The maximum atomic E-state index is 12.5. The van der Waals surface area contributed by atoms with Crippen molar-refractivity contribution in [2.24, 2.45) is 0 Å². The van der Waals surface area contributed by atoms with Crippen LogP contribution in [0.5, 0.6) is 0 Å². The number of amides is 1. The van der Waals surface area contributed by atoms with Gasteiger partial charge in [-0.3, -0.25) is 9.35 Å². The van der Waals surface area contributed by atoms with Gasteiger partial charge in [-0.15, -0.1) is 0 Å². The van der Waals surface area contributed by atoms with Gasteiger partial charge in [0, 0.05) is 0 Å². The van der Waals surface area contributed by atoms with Crippen LogP contribution in [0.3, 0.4) is 0 Å². The van der Waals surface area contributed by atoms with Crippen LogP contribution in [-0.4, -0.2) is 53.1 Å². The summed E-state index contributed by atoms with van der Waals surface area (Å²) in [5, 5.41) is 23.2. The van der Waals surface area contributed by atoms with E-state index in [1.54, 1.807) is 6.08 Å². The molecule has 43 heavy (non-hydrogen) atoms. The van der Waals surface area contributed by atoms with Gasteiger partial charge >= 0.3 is 0 Å². The van der Waals surface area contributed by atoms with Crippen LogP contribution in [0.4, 0.5) is 0 Å². The summed E-state index contributed by atoms with van der Waals surface area (Å²) in [5.41, 5.74) is 0. The van der Waals surface area contributed by atoms with Crippen molar-refractivity contribution in [3.63, 3.8) is 0 Å². The molecule has 7 nitrogen and oxygen atoms in total. The zero-order valence-electron chi connectivity index (χ0n) is 27.4. The molecule has 0 aromatic carbocycles. The average molecular weight is 628 g/mol. The first-order valence-electron chi connectivity index (χ1n) is 17.3. The van der Waals surface area contributed by atoms with Crippen LogP contribution < -0.4 is 5.32 Å². The van der Waals surface area contributed by atoms with Gasteiger partial charge in [0.15, 0.2) is 0 Å². The lowest BCUT2D eigenvalue weighted by Gasteiger charge is -2.22. The van der Waals surface area contributed by atoms with E-state index in [0.717, 1.165) is 64.2 Å². The Hall–Kier alpha value is -1.48. The van der Waals surface area contributed by atoms with Crippen molar-refractivity contribution in [1.82, 2.24) is 5.32 Å². The van der Waals surface area contributed by atoms with Crippen LogP contribution in [0.1, 0.15) is 155 Å². The van der Waals surface area contributed by atoms with E-state index in [4.69, 9.17) is 0 Å². The Morgan fingerprint density at radius 1 is 0.651 bits per heavy atom. The number of hydrogen-bond acceptors (Lipinski definition) is 5. The van der Waals surface area contributed by atoms with Crippen LogP contribution in [0.25, 0.3) is 0 Å². The van der Waals surface area contributed by atoms with E-state index in [-0.39, 0.29) is 6.42 Å². The summed E-state index contributed by atoms with van der Waals surface area (Å²) in [6, 6.07) is -1.23. The summed E-state index contributed by atoms with van der Waals surface area (Å²) in [6.45, 7) is 4.42. The summed E-state index contributed by atoms with van der Waals surface area (Å²) in [7, 11) is -4.43. The molecule has 0 fully saturated rings. The zero-order valence-corrected chi connectivity index (χ0v) is 28.3. The summed E-state index contributed by atoms with van der Waals surface area (Å²) in [5.74, 6) is -1.55. The van der Waals surface area contributed by atoms with Gasteiger partial charge in [-0.25, -0.2) is 0 Å². The maximum absolute atomic E-state index is 12.5. The predicted octanol–water partition coefficient (Wildman–Crippen LogP) is 8.37. The fourth-order valence-corrected chi connectivity index (χ4v) is 5.69. The smallest absolute Gasteiger partial charge is 0.267 e. The van der Waals surface area contributed by atoms with Crippen molar-refractivity contribution >= 4 is 16.0 Å². The van der Waals surface area contributed by atoms with Gasteiger partial charge < -0.3 is 15.5 Å². The van der Waals surface area contributed by atoms with Gasteiger partial charge in [0.25, 0.3) is 10.1 Å². The topological polar surface area (TPSA) is 124 Å². The minimum Gasteiger partial charge on any atom is -0.387 e. The number of aliphatic hydroxyl groups excluding tert-OH is 2. The van der Waals surface area contributed by atoms with Gasteiger partial charge in [0.1, 0.15) is 6.10 Å². The Morgan fingerprint density at radius 3 is 1.63 bits per heavy atom. The molecule has 4 N–H and O–H groups in total. The normalized spacial score (nSPS) is 14.6. The molecule has 0 aromatic heterocycles. The third kappa shape index (κ3) is 29.0. The highest BCUT2D eigenvalue weighted by molar-refractivity contribution is 7.85. The highest BCUT2D eigenvalue weighted by Crippen LogP contribution is 2.12. The molecule has 0 saturated carbocycles. The number of carbonyl (C=O) groups excluding carboxylic acids is 1. The number of rotatable bonds is 30. The van der Waals surface area contributed by atoms with Crippen molar-refractivity contribution in [2.45, 2.75) is 173 Å². The molecular formula is C35H65NO6S. The molecule has 0 heterocycles. The number of carbonyl (C=O) groups is 1. The number of aliphatic hydroxyl groups is 2. The van der Waals surface area contributed by atoms with Crippen LogP contribution in [0.15, 0.2) is 36.5 Å². The quantitative estimate of drug-likeness (QED) is 0.0360. The Labute approximate surface area is 264 Å². The largest absolute Gasteiger partial charge is 0.387 e. The summed E-state index contributed by atoms with van der Waals surface area (Å²) < 4.78 is 32.3. The minimum atomic E-state index is -4.43. The van der Waals surface area contributed by atoms with Crippen molar-refractivity contribution in [3.8, 4) is 0 Å². The Bertz CT molecular complexity index is 839. The van der Waals surface area contributed by atoms with E-state index in [9.17, 15) is 28.0 Å². The van der Waals surface area contributed by atoms with Gasteiger partial charge in [-0.2, -0.15) is 8.42 Å². The highest BCUT2D eigenvalue weighted by Gasteiger charge is 2.27. The molecule has 3 atom stereocenters. The molecule has 0 aromatic rings. The number of nitrogens with one attached hydrogen (secondary N) is 1. The fourth-order valence-electron chi connectivity index (χ4n) is 4.95. The van der Waals surface area contributed by atoms with E-state index >= 15 is 0 Å². The average Bonchev–Trinajstić information content (AvgIpc) is 2.96. The standard InChI is InChI=1S/C35H65NO6S/c1-3-5-7-9-11-13-15-16-17-18-19-20-22-24-26-28-30-34(38)35(39)36-32(31-43(40,41)42)33(37)29-27-25-23-21-14-12-10-8-6-4-2/h11,13,16-17,27,29,32-34,37-38H,3-10,12,14-15,18-26,28,30-31H2,1-2H3,(H,36,39)(H,40,41,42)/b13-11-,17-16-,29-27+. The van der Waals surface area contributed by atoms with Crippen LogP contribution in [0, 0.1) is 0 Å². The van der Waals surface area contributed by atoms with E-state index < -0.39 is 40.0 Å². The molecule has 0 aliphatic heterocycles. The van der Waals surface area contributed by atoms with Gasteiger partial charge in [-0.05, 0) is 51.4 Å². The fraction of sp³-hybridized carbons (Fsp3) is 0.800. The molecule has 0 rings (SSSR count). The number of unbranched alkanes of at least 4 members (excludes halogenated alkanes) is 17. The number of hydrogen-bond donors (Lipinski definition) is 4. The SMILES string of the molecule is CCCCC/C=C\C/C=C\CCCCCCCCC(O)C(=O)NC(CS(=O)(=O)O)C(O)/C=C/CCCCCCCCCC. The summed E-state index contributed by atoms with van der Waals surface area (Å²) in [6.07, 6.45) is 33.4. The van der Waals surface area contributed by atoms with E-state index in [0.29, 0.717) is 6.42 Å². The molecule has 0 bridgehead atoms. The van der Waals surface area contributed by atoms with Crippen LogP contribution in [0.2, 0.25) is 0 Å². The zero-order chi connectivity index (χ0) is 32.0. The minimum absolute atomic E-state index is 0.267. The van der Waals surface area contributed by atoms with Gasteiger partial charge in [0.2, 0.25) is 5.91 Å². The first-order valence-corrected chi connectivity index (χ1v) is 18.9. The summed E-state index contributed by atoms with van der Waals surface area (Å²) >= 11 is 0. The number of allylic oxidation sites excluding steroid dienone is 5. The molecular weight excluding hydrogens is 562 g/mol. The summed E-state index contributed by atoms with van der Waals surface area (Å²) in [4.78, 5) is 12.5. The molecule has 0 saturated heterocycles. The lowest BCUT2D eigenvalue weighted by molar-refractivity contribution is -0.130. The van der Waals surface area contributed by atoms with Crippen molar-refractivity contribution in [2.75, 3.05) is 5.75 Å². The maximum Gasteiger partial charge on any atom is 0.267 e. The van der Waals surface area contributed by atoms with Crippen molar-refractivity contribution in [3.05, 3.63) is 36.5 Å². The van der Waals surface area contributed by atoms with Crippen LogP contribution >= 0.6 is 0 Å². The Kier molecular flexibility index (Phi) is 28.2.